The van der Waals surface area contributed by atoms with Crippen molar-refractivity contribution in [2.75, 3.05) is 30.3 Å². The minimum Gasteiger partial charge on any atom is -0.365 e. The van der Waals surface area contributed by atoms with E-state index in [0.29, 0.717) is 5.41 Å². The average Bonchev–Trinajstić information content (AvgIpc) is 2.80. The molecule has 1 spiro atoms. The molecule has 1 fully saturated rings. The van der Waals surface area contributed by atoms with Crippen molar-refractivity contribution >= 4 is 28.7 Å². The molecule has 0 radical (unpaired) electrons. The molecule has 0 aromatic rings. The van der Waals surface area contributed by atoms with E-state index in [0.717, 1.165) is 13.1 Å². The maximum atomic E-state index is 4.74. The van der Waals surface area contributed by atoms with Gasteiger partial charge >= 0.3 is 0 Å². The van der Waals surface area contributed by atoms with Crippen molar-refractivity contribution < 1.29 is 0 Å². The zero-order valence-corrected chi connectivity index (χ0v) is 12.5. The lowest BCUT2D eigenvalue weighted by atomic mass is 9.89. The zero-order chi connectivity index (χ0) is 12.0. The molecule has 1 aliphatic heterocycles. The number of aliphatic imine (C=N–C) groups is 1. The predicted octanol–water partition coefficient (Wildman–Crippen LogP) is 3.38. The maximum Gasteiger partial charge on any atom is 0.156 e. The zero-order valence-electron chi connectivity index (χ0n) is 10.8. The van der Waals surface area contributed by atoms with Crippen molar-refractivity contribution in [2.24, 2.45) is 10.4 Å². The first-order valence-corrected chi connectivity index (χ1v) is 8.98. The van der Waals surface area contributed by atoms with Gasteiger partial charge in [-0.1, -0.05) is 31.5 Å². The Morgan fingerprint density at radius 2 is 2.24 bits per heavy atom. The largest absolute Gasteiger partial charge is 0.365 e. The van der Waals surface area contributed by atoms with Crippen molar-refractivity contribution in [1.29, 1.82) is 0 Å². The van der Waals surface area contributed by atoms with Crippen molar-refractivity contribution in [3.05, 3.63) is 0 Å². The molecule has 2 nitrogen and oxygen atoms in total. The summed E-state index contributed by atoms with van der Waals surface area (Å²) in [5, 5.41) is 4.68. The summed E-state index contributed by atoms with van der Waals surface area (Å²) in [5.41, 5.74) is 0.577. The van der Waals surface area contributed by atoms with E-state index in [4.69, 9.17) is 4.99 Å². The van der Waals surface area contributed by atoms with Crippen molar-refractivity contribution in [1.82, 2.24) is 5.32 Å². The fourth-order valence-electron chi connectivity index (χ4n) is 2.60. The van der Waals surface area contributed by atoms with Gasteiger partial charge in [-0.15, -0.1) is 0 Å². The molecule has 0 aromatic heterocycles. The molecule has 0 atom stereocenters. The van der Waals surface area contributed by atoms with Crippen LogP contribution in [-0.4, -0.2) is 35.5 Å². The van der Waals surface area contributed by atoms with Gasteiger partial charge in [0.2, 0.25) is 0 Å². The Bertz CT molecular complexity index is 260. The SMILES string of the molecule is CCSCCCNC1=NCC2(CCCC2)CS1. The van der Waals surface area contributed by atoms with E-state index in [2.05, 4.69) is 12.2 Å². The van der Waals surface area contributed by atoms with Crippen LogP contribution in [0.3, 0.4) is 0 Å². The van der Waals surface area contributed by atoms with E-state index >= 15 is 0 Å². The van der Waals surface area contributed by atoms with Gasteiger partial charge in [0.25, 0.3) is 0 Å². The first-order valence-electron chi connectivity index (χ1n) is 6.83. The fourth-order valence-corrected chi connectivity index (χ4v) is 4.42. The third kappa shape index (κ3) is 4.09. The second-order valence-electron chi connectivity index (χ2n) is 5.09. The molecule has 0 bridgehead atoms. The van der Waals surface area contributed by atoms with Gasteiger partial charge in [0.05, 0.1) is 0 Å². The van der Waals surface area contributed by atoms with Gasteiger partial charge in [-0.2, -0.15) is 11.8 Å². The van der Waals surface area contributed by atoms with E-state index in [-0.39, 0.29) is 0 Å². The Morgan fingerprint density at radius 1 is 1.41 bits per heavy atom. The highest BCUT2D eigenvalue weighted by Gasteiger charge is 2.36. The molecular weight excluding hydrogens is 248 g/mol. The normalized spacial score (nSPS) is 22.8. The van der Waals surface area contributed by atoms with Crippen LogP contribution in [0.25, 0.3) is 0 Å². The van der Waals surface area contributed by atoms with Gasteiger partial charge in [-0.3, -0.25) is 4.99 Å². The standard InChI is InChI=1S/C13H24N2S2/c1-2-16-9-5-8-14-12-15-10-13(11-17-12)6-3-4-7-13/h2-11H2,1H3,(H,14,15). The molecule has 1 aliphatic carbocycles. The molecular formula is C13H24N2S2. The summed E-state index contributed by atoms with van der Waals surface area (Å²) in [4.78, 5) is 4.74. The van der Waals surface area contributed by atoms with Crippen molar-refractivity contribution in [2.45, 2.75) is 39.0 Å². The summed E-state index contributed by atoms with van der Waals surface area (Å²) in [6.45, 7) is 4.39. The lowest BCUT2D eigenvalue weighted by molar-refractivity contribution is 0.358. The second-order valence-corrected chi connectivity index (χ2v) is 7.45. The molecule has 2 rings (SSSR count). The third-order valence-corrected chi connectivity index (χ3v) is 5.97. The van der Waals surface area contributed by atoms with Crippen molar-refractivity contribution in [3.8, 4) is 0 Å². The van der Waals surface area contributed by atoms with Crippen LogP contribution in [0.5, 0.6) is 0 Å². The smallest absolute Gasteiger partial charge is 0.156 e. The number of rotatable bonds is 5. The van der Waals surface area contributed by atoms with Crippen LogP contribution in [0.1, 0.15) is 39.0 Å². The highest BCUT2D eigenvalue weighted by molar-refractivity contribution is 8.13. The number of thioether (sulfide) groups is 2. The molecule has 0 aromatic carbocycles. The maximum absolute atomic E-state index is 4.74. The number of nitrogens with zero attached hydrogens (tertiary/aromatic N) is 1. The summed E-state index contributed by atoms with van der Waals surface area (Å²) in [6.07, 6.45) is 6.91. The molecule has 0 unspecified atom stereocenters. The summed E-state index contributed by atoms with van der Waals surface area (Å²) in [5.74, 6) is 3.80. The number of hydrogen-bond acceptors (Lipinski definition) is 4. The molecule has 0 saturated heterocycles. The van der Waals surface area contributed by atoms with E-state index in [1.807, 2.05) is 23.5 Å². The molecule has 98 valence electrons. The molecule has 1 heterocycles. The van der Waals surface area contributed by atoms with E-state index in [9.17, 15) is 0 Å². The predicted molar refractivity (Wildman–Crippen MR) is 81.3 cm³/mol. The van der Waals surface area contributed by atoms with Crippen LogP contribution >= 0.6 is 23.5 Å². The average molecular weight is 272 g/mol. The van der Waals surface area contributed by atoms with Gasteiger partial charge in [0.15, 0.2) is 5.17 Å². The highest BCUT2D eigenvalue weighted by atomic mass is 32.2. The van der Waals surface area contributed by atoms with Crippen LogP contribution in [-0.2, 0) is 0 Å². The van der Waals surface area contributed by atoms with Gasteiger partial charge in [0.1, 0.15) is 0 Å². The van der Waals surface area contributed by atoms with Gasteiger partial charge in [-0.25, -0.2) is 0 Å². The van der Waals surface area contributed by atoms with E-state index < -0.39 is 0 Å². The van der Waals surface area contributed by atoms with Crippen LogP contribution < -0.4 is 5.32 Å². The summed E-state index contributed by atoms with van der Waals surface area (Å²) in [6, 6.07) is 0. The third-order valence-electron chi connectivity index (χ3n) is 3.68. The van der Waals surface area contributed by atoms with Crippen LogP contribution in [0, 0.1) is 5.41 Å². The van der Waals surface area contributed by atoms with Gasteiger partial charge in [0, 0.05) is 18.8 Å². The molecule has 4 heteroatoms. The Morgan fingerprint density at radius 3 is 2.88 bits per heavy atom. The Hall–Kier alpha value is 0.170. The van der Waals surface area contributed by atoms with Crippen molar-refractivity contribution in [3.63, 3.8) is 0 Å². The minimum absolute atomic E-state index is 0.577. The number of amidine groups is 1. The van der Waals surface area contributed by atoms with Crippen LogP contribution in [0.2, 0.25) is 0 Å². The quantitative estimate of drug-likeness (QED) is 0.777. The van der Waals surface area contributed by atoms with E-state index in [1.165, 1.54) is 54.5 Å². The first-order chi connectivity index (χ1) is 8.35. The fraction of sp³-hybridized carbons (Fsp3) is 0.923. The minimum atomic E-state index is 0.577. The molecule has 2 aliphatic rings. The molecule has 1 saturated carbocycles. The van der Waals surface area contributed by atoms with Crippen LogP contribution in [0.4, 0.5) is 0 Å². The molecule has 17 heavy (non-hydrogen) atoms. The van der Waals surface area contributed by atoms with Gasteiger partial charge < -0.3 is 5.32 Å². The first kappa shape index (κ1) is 13.6. The Labute approximate surface area is 114 Å². The summed E-state index contributed by atoms with van der Waals surface area (Å²) >= 11 is 3.98. The van der Waals surface area contributed by atoms with Gasteiger partial charge in [-0.05, 0) is 36.2 Å². The number of hydrogen-bond donors (Lipinski definition) is 1. The Kier molecular flexibility index (Phi) is 5.54. The second kappa shape index (κ2) is 6.93. The molecule has 1 N–H and O–H groups in total. The highest BCUT2D eigenvalue weighted by Crippen LogP contribution is 2.43. The van der Waals surface area contributed by atoms with E-state index in [1.54, 1.807) is 0 Å². The Balaban J connectivity index is 1.64. The summed E-state index contributed by atoms with van der Waals surface area (Å²) in [7, 11) is 0. The summed E-state index contributed by atoms with van der Waals surface area (Å²) < 4.78 is 0. The number of nitrogens with one attached hydrogen (secondary N) is 1. The van der Waals surface area contributed by atoms with Crippen LogP contribution in [0.15, 0.2) is 4.99 Å². The lowest BCUT2D eigenvalue weighted by Crippen LogP contribution is -2.33. The lowest BCUT2D eigenvalue weighted by Gasteiger charge is -2.31. The monoisotopic (exact) mass is 272 g/mol. The topological polar surface area (TPSA) is 24.4 Å². The molecule has 0 amide bonds.